The maximum Gasteiger partial charge on any atom is 0.321 e. The Morgan fingerprint density at radius 2 is 2.10 bits per heavy atom. The maximum absolute atomic E-state index is 11.5. The van der Waals surface area contributed by atoms with Gasteiger partial charge in [0.1, 0.15) is 0 Å². The van der Waals surface area contributed by atoms with Gasteiger partial charge in [-0.3, -0.25) is 4.90 Å². The summed E-state index contributed by atoms with van der Waals surface area (Å²) in [5.41, 5.74) is 1.70. The van der Waals surface area contributed by atoms with Crippen molar-refractivity contribution < 1.29 is 9.59 Å². The molecule has 2 rings (SSSR count). The smallest absolute Gasteiger partial charge is 0.321 e. The summed E-state index contributed by atoms with van der Waals surface area (Å²) in [6.45, 7) is 4.09. The van der Waals surface area contributed by atoms with Gasteiger partial charge in [0.25, 0.3) is 0 Å². The van der Waals surface area contributed by atoms with Crippen LogP contribution in [0.4, 0.5) is 15.3 Å². The van der Waals surface area contributed by atoms with Gasteiger partial charge in [-0.05, 0) is 31.2 Å². The second-order valence-corrected chi connectivity index (χ2v) is 4.45. The second kappa shape index (κ2) is 7.20. The molecule has 0 atom stereocenters. The summed E-state index contributed by atoms with van der Waals surface area (Å²) >= 11 is 0. The van der Waals surface area contributed by atoms with E-state index in [-0.39, 0.29) is 12.1 Å². The number of hydrogen-bond acceptors (Lipinski definition) is 2. The van der Waals surface area contributed by atoms with Crippen LogP contribution in [0.15, 0.2) is 24.3 Å². The van der Waals surface area contributed by atoms with Gasteiger partial charge in [-0.1, -0.05) is 11.8 Å². The fourth-order valence-corrected chi connectivity index (χ4v) is 1.94. The molecule has 1 aliphatic rings. The van der Waals surface area contributed by atoms with E-state index in [0.29, 0.717) is 26.2 Å². The summed E-state index contributed by atoms with van der Waals surface area (Å²) in [6, 6.07) is 7.17. The minimum absolute atomic E-state index is 0.0695. The minimum Gasteiger partial charge on any atom is -0.338 e. The molecule has 21 heavy (non-hydrogen) atoms. The third-order valence-corrected chi connectivity index (χ3v) is 2.94. The maximum atomic E-state index is 11.5. The molecule has 1 aromatic carbocycles. The van der Waals surface area contributed by atoms with Crippen LogP contribution >= 0.6 is 0 Å². The zero-order valence-electron chi connectivity index (χ0n) is 11.9. The van der Waals surface area contributed by atoms with Crippen LogP contribution in [-0.4, -0.2) is 38.2 Å². The molecule has 6 heteroatoms. The van der Waals surface area contributed by atoms with Gasteiger partial charge in [-0.2, -0.15) is 0 Å². The number of benzene rings is 1. The van der Waals surface area contributed by atoms with Crippen LogP contribution in [0, 0.1) is 11.8 Å². The van der Waals surface area contributed by atoms with E-state index in [1.54, 1.807) is 4.90 Å². The Bertz CT molecular complexity index is 572. The van der Waals surface area contributed by atoms with Crippen molar-refractivity contribution in [3.05, 3.63) is 29.8 Å². The molecule has 0 aromatic heterocycles. The molecule has 1 heterocycles. The van der Waals surface area contributed by atoms with Gasteiger partial charge in [0, 0.05) is 30.9 Å². The number of rotatable bonds is 3. The van der Waals surface area contributed by atoms with Gasteiger partial charge in [0.05, 0.1) is 6.54 Å². The Balaban J connectivity index is 1.88. The van der Waals surface area contributed by atoms with Crippen LogP contribution in [-0.2, 0) is 0 Å². The second-order valence-electron chi connectivity index (χ2n) is 4.45. The number of urea groups is 2. The number of amides is 4. The molecular weight excluding hydrogens is 268 g/mol. The average Bonchev–Trinajstić information content (AvgIpc) is 2.91. The van der Waals surface area contributed by atoms with Gasteiger partial charge in [-0.25, -0.2) is 9.59 Å². The molecule has 0 aliphatic carbocycles. The first-order chi connectivity index (χ1) is 10.2. The largest absolute Gasteiger partial charge is 0.338 e. The van der Waals surface area contributed by atoms with E-state index in [4.69, 9.17) is 0 Å². The van der Waals surface area contributed by atoms with Crippen molar-refractivity contribution in [1.29, 1.82) is 0 Å². The van der Waals surface area contributed by atoms with Gasteiger partial charge in [-0.15, -0.1) is 0 Å². The fraction of sp³-hybridized carbons (Fsp3) is 0.333. The molecule has 0 spiro atoms. The molecule has 0 saturated carbocycles. The van der Waals surface area contributed by atoms with Gasteiger partial charge in [0.2, 0.25) is 0 Å². The third kappa shape index (κ3) is 4.14. The van der Waals surface area contributed by atoms with Crippen LogP contribution in [0.25, 0.3) is 0 Å². The molecule has 0 unspecified atom stereocenters. The normalized spacial score (nSPS) is 13.2. The first-order valence-electron chi connectivity index (χ1n) is 6.86. The highest BCUT2D eigenvalue weighted by Gasteiger charge is 2.20. The predicted octanol–water partition coefficient (Wildman–Crippen LogP) is 0.887. The topological polar surface area (TPSA) is 73.5 Å². The van der Waals surface area contributed by atoms with Crippen molar-refractivity contribution in [2.45, 2.75) is 6.92 Å². The Morgan fingerprint density at radius 3 is 2.71 bits per heavy atom. The van der Waals surface area contributed by atoms with Crippen molar-refractivity contribution >= 4 is 17.7 Å². The summed E-state index contributed by atoms with van der Waals surface area (Å²) in [6.07, 6.45) is 0. The first kappa shape index (κ1) is 14.7. The Kier molecular flexibility index (Phi) is 5.04. The van der Waals surface area contributed by atoms with E-state index in [0.717, 1.165) is 11.3 Å². The van der Waals surface area contributed by atoms with Crippen molar-refractivity contribution in [3.63, 3.8) is 0 Å². The SMILES string of the molecule is CCNC(=O)NCC#Cc1ccc(N2CCNC2=O)cc1. The van der Waals surface area contributed by atoms with Crippen LogP contribution < -0.4 is 20.9 Å². The number of nitrogens with one attached hydrogen (secondary N) is 3. The molecule has 1 aromatic rings. The Labute approximate surface area is 123 Å². The first-order valence-corrected chi connectivity index (χ1v) is 6.86. The van der Waals surface area contributed by atoms with E-state index < -0.39 is 0 Å². The highest BCUT2D eigenvalue weighted by atomic mass is 16.2. The van der Waals surface area contributed by atoms with Crippen LogP contribution in [0.3, 0.4) is 0 Å². The van der Waals surface area contributed by atoms with Crippen LogP contribution in [0.1, 0.15) is 12.5 Å². The molecule has 1 fully saturated rings. The summed E-state index contributed by atoms with van der Waals surface area (Å²) in [4.78, 5) is 24.4. The number of hydrogen-bond donors (Lipinski definition) is 3. The Hall–Kier alpha value is -2.68. The zero-order chi connectivity index (χ0) is 15.1. The molecule has 110 valence electrons. The molecule has 6 nitrogen and oxygen atoms in total. The van der Waals surface area contributed by atoms with E-state index in [1.807, 2.05) is 31.2 Å². The fourth-order valence-electron chi connectivity index (χ4n) is 1.94. The number of nitrogens with zero attached hydrogens (tertiary/aromatic N) is 1. The van der Waals surface area contributed by atoms with Crippen LogP contribution in [0.5, 0.6) is 0 Å². The molecule has 0 radical (unpaired) electrons. The minimum atomic E-state index is -0.220. The molecule has 4 amide bonds. The van der Waals surface area contributed by atoms with E-state index in [9.17, 15) is 9.59 Å². The van der Waals surface area contributed by atoms with Crippen molar-refractivity contribution in [3.8, 4) is 11.8 Å². The van der Waals surface area contributed by atoms with E-state index in [2.05, 4.69) is 27.8 Å². The van der Waals surface area contributed by atoms with Gasteiger partial charge < -0.3 is 16.0 Å². The number of carbonyl (C=O) groups is 2. The average molecular weight is 286 g/mol. The summed E-state index contributed by atoms with van der Waals surface area (Å²) in [5, 5.41) is 8.02. The summed E-state index contributed by atoms with van der Waals surface area (Å²) in [5.74, 6) is 5.83. The van der Waals surface area contributed by atoms with Crippen molar-refractivity contribution in [2.24, 2.45) is 0 Å². The monoisotopic (exact) mass is 286 g/mol. The molecule has 1 saturated heterocycles. The highest BCUT2D eigenvalue weighted by molar-refractivity contribution is 5.94. The van der Waals surface area contributed by atoms with Crippen molar-refractivity contribution in [2.75, 3.05) is 31.1 Å². The molecule has 3 N–H and O–H groups in total. The van der Waals surface area contributed by atoms with E-state index in [1.165, 1.54) is 0 Å². The van der Waals surface area contributed by atoms with Crippen molar-refractivity contribution in [1.82, 2.24) is 16.0 Å². The summed E-state index contributed by atoms with van der Waals surface area (Å²) < 4.78 is 0. The number of carbonyl (C=O) groups excluding carboxylic acids is 2. The third-order valence-electron chi connectivity index (χ3n) is 2.94. The quantitative estimate of drug-likeness (QED) is 0.722. The lowest BCUT2D eigenvalue weighted by Crippen LogP contribution is -2.35. The lowest BCUT2D eigenvalue weighted by molar-refractivity contribution is 0.242. The van der Waals surface area contributed by atoms with E-state index >= 15 is 0 Å². The lowest BCUT2D eigenvalue weighted by atomic mass is 10.2. The predicted molar refractivity (Wildman–Crippen MR) is 81.1 cm³/mol. The Morgan fingerprint density at radius 1 is 1.33 bits per heavy atom. The number of anilines is 1. The highest BCUT2D eigenvalue weighted by Crippen LogP contribution is 2.16. The van der Waals surface area contributed by atoms with Gasteiger partial charge in [0.15, 0.2) is 0 Å². The molecular formula is C15H18N4O2. The zero-order valence-corrected chi connectivity index (χ0v) is 11.9. The van der Waals surface area contributed by atoms with Gasteiger partial charge >= 0.3 is 12.1 Å². The lowest BCUT2D eigenvalue weighted by Gasteiger charge is -2.13. The van der Waals surface area contributed by atoms with Crippen LogP contribution in [0.2, 0.25) is 0 Å². The summed E-state index contributed by atoms with van der Waals surface area (Å²) in [7, 11) is 0. The molecule has 1 aliphatic heterocycles. The molecule has 0 bridgehead atoms. The standard InChI is InChI=1S/C15H18N4O2/c1-2-16-14(20)17-9-3-4-12-5-7-13(8-6-12)19-11-10-18-15(19)21/h5-8H,2,9-11H2,1H3,(H,18,21)(H2,16,17,20).